The lowest BCUT2D eigenvalue weighted by Gasteiger charge is -2.36. The van der Waals surface area contributed by atoms with Crippen molar-refractivity contribution in [3.63, 3.8) is 0 Å². The summed E-state index contributed by atoms with van der Waals surface area (Å²) in [4.78, 5) is 0. The zero-order valence-corrected chi connectivity index (χ0v) is 13.9. The zero-order valence-electron chi connectivity index (χ0n) is 12.9. The molecule has 1 fully saturated rings. The molecular weight excluding hydrogens is 240 g/mol. The van der Waals surface area contributed by atoms with Crippen LogP contribution in [0.25, 0.3) is 0 Å². The van der Waals surface area contributed by atoms with Crippen LogP contribution in [0.3, 0.4) is 0 Å². The number of epoxide rings is 1. The smallest absolute Gasteiger partial charge is 0.191 e. The standard InChI is InChI=1S/C15H28O2Si/c1-14(2,3)18(5,6)17-12-10-8-7-9-11-15(4)13-16-15/h8,10-13H2,1-6H3. The molecule has 0 saturated carbocycles. The van der Waals surface area contributed by atoms with Gasteiger partial charge in [-0.3, -0.25) is 0 Å². The highest BCUT2D eigenvalue weighted by Gasteiger charge is 2.38. The normalized spacial score (nSPS) is 23.4. The Labute approximate surface area is 114 Å². The van der Waals surface area contributed by atoms with Crippen molar-refractivity contribution < 1.29 is 9.16 Å². The van der Waals surface area contributed by atoms with Crippen molar-refractivity contribution in [2.45, 2.75) is 70.7 Å². The molecule has 1 atom stereocenters. The van der Waals surface area contributed by atoms with Crippen molar-refractivity contribution in [2.24, 2.45) is 0 Å². The van der Waals surface area contributed by atoms with Crippen LogP contribution < -0.4 is 0 Å². The summed E-state index contributed by atoms with van der Waals surface area (Å²) in [5, 5.41) is 0.302. The summed E-state index contributed by atoms with van der Waals surface area (Å²) < 4.78 is 11.4. The summed E-state index contributed by atoms with van der Waals surface area (Å²) in [5.41, 5.74) is 0.0740. The number of unbranched alkanes of at least 4 members (excludes halogenated alkanes) is 1. The van der Waals surface area contributed by atoms with Gasteiger partial charge >= 0.3 is 0 Å². The van der Waals surface area contributed by atoms with E-state index in [4.69, 9.17) is 9.16 Å². The average molecular weight is 268 g/mol. The lowest BCUT2D eigenvalue weighted by atomic mass is 10.1. The quantitative estimate of drug-likeness (QED) is 0.326. The summed E-state index contributed by atoms with van der Waals surface area (Å²) >= 11 is 0. The molecule has 1 saturated heterocycles. The Balaban J connectivity index is 2.11. The molecule has 0 aromatic rings. The summed E-state index contributed by atoms with van der Waals surface area (Å²) in [6.45, 7) is 15.2. The molecule has 1 unspecified atom stereocenters. The minimum atomic E-state index is -1.56. The fraction of sp³-hybridized carbons (Fsp3) is 0.867. The van der Waals surface area contributed by atoms with E-state index in [1.165, 1.54) is 0 Å². The Morgan fingerprint density at radius 2 is 1.89 bits per heavy atom. The van der Waals surface area contributed by atoms with Gasteiger partial charge in [0.15, 0.2) is 8.32 Å². The van der Waals surface area contributed by atoms with E-state index in [0.29, 0.717) is 5.04 Å². The van der Waals surface area contributed by atoms with Crippen molar-refractivity contribution in [1.82, 2.24) is 0 Å². The van der Waals surface area contributed by atoms with Crippen LogP contribution in [0.15, 0.2) is 0 Å². The first-order valence-electron chi connectivity index (χ1n) is 6.90. The van der Waals surface area contributed by atoms with Gasteiger partial charge in [0.1, 0.15) is 0 Å². The molecule has 0 bridgehead atoms. The largest absolute Gasteiger partial charge is 0.417 e. The van der Waals surface area contributed by atoms with Gasteiger partial charge in [0, 0.05) is 19.4 Å². The van der Waals surface area contributed by atoms with Crippen molar-refractivity contribution in [1.29, 1.82) is 0 Å². The Morgan fingerprint density at radius 1 is 1.28 bits per heavy atom. The molecule has 0 aromatic carbocycles. The predicted molar refractivity (Wildman–Crippen MR) is 79.1 cm³/mol. The Hall–Kier alpha value is -0.303. The maximum absolute atomic E-state index is 6.10. The monoisotopic (exact) mass is 268 g/mol. The molecule has 18 heavy (non-hydrogen) atoms. The minimum Gasteiger partial charge on any atom is -0.417 e. The van der Waals surface area contributed by atoms with Gasteiger partial charge in [-0.15, -0.1) is 11.8 Å². The molecular formula is C15H28O2Si. The number of ether oxygens (including phenoxy) is 1. The van der Waals surface area contributed by atoms with E-state index in [1.54, 1.807) is 0 Å². The zero-order chi connectivity index (χ0) is 13.9. The van der Waals surface area contributed by atoms with Crippen LogP contribution in [-0.4, -0.2) is 27.1 Å². The van der Waals surface area contributed by atoms with Crippen LogP contribution in [0.2, 0.25) is 18.1 Å². The third kappa shape index (κ3) is 5.13. The Kier molecular flexibility index (Phi) is 5.05. The fourth-order valence-corrected chi connectivity index (χ4v) is 2.36. The first kappa shape index (κ1) is 15.8. The molecule has 0 N–H and O–H groups in total. The molecule has 0 spiro atoms. The van der Waals surface area contributed by atoms with Crippen molar-refractivity contribution in [3.8, 4) is 11.8 Å². The van der Waals surface area contributed by atoms with E-state index < -0.39 is 8.32 Å². The second-order valence-electron chi connectivity index (χ2n) is 6.98. The number of hydrogen-bond acceptors (Lipinski definition) is 2. The molecule has 0 amide bonds. The minimum absolute atomic E-state index is 0.0740. The lowest BCUT2D eigenvalue weighted by Crippen LogP contribution is -2.40. The van der Waals surface area contributed by atoms with Gasteiger partial charge in [-0.2, -0.15) is 0 Å². The van der Waals surface area contributed by atoms with E-state index >= 15 is 0 Å². The van der Waals surface area contributed by atoms with Gasteiger partial charge in [0.2, 0.25) is 0 Å². The predicted octanol–water partition coefficient (Wildman–Crippen LogP) is 3.97. The van der Waals surface area contributed by atoms with Crippen LogP contribution in [0.1, 0.15) is 47.0 Å². The van der Waals surface area contributed by atoms with E-state index in [-0.39, 0.29) is 5.60 Å². The molecule has 0 aliphatic carbocycles. The number of hydrogen-bond donors (Lipinski definition) is 0. The van der Waals surface area contributed by atoms with E-state index in [1.807, 2.05) is 0 Å². The van der Waals surface area contributed by atoms with Gasteiger partial charge in [0.25, 0.3) is 0 Å². The van der Waals surface area contributed by atoms with Gasteiger partial charge in [0.05, 0.1) is 12.2 Å². The third-order valence-electron chi connectivity index (χ3n) is 3.94. The van der Waals surface area contributed by atoms with Gasteiger partial charge < -0.3 is 9.16 Å². The lowest BCUT2D eigenvalue weighted by molar-refractivity contribution is 0.284. The van der Waals surface area contributed by atoms with Crippen LogP contribution in [0, 0.1) is 11.8 Å². The molecule has 104 valence electrons. The summed E-state index contributed by atoms with van der Waals surface area (Å²) in [7, 11) is -1.56. The van der Waals surface area contributed by atoms with Gasteiger partial charge in [-0.1, -0.05) is 20.8 Å². The van der Waals surface area contributed by atoms with E-state index in [2.05, 4.69) is 52.6 Å². The van der Waals surface area contributed by atoms with Crippen LogP contribution >= 0.6 is 0 Å². The molecule has 1 aliphatic rings. The first-order valence-corrected chi connectivity index (χ1v) is 9.81. The van der Waals surface area contributed by atoms with Crippen molar-refractivity contribution >= 4 is 8.32 Å². The maximum atomic E-state index is 6.10. The molecule has 0 radical (unpaired) electrons. The third-order valence-corrected chi connectivity index (χ3v) is 8.48. The molecule has 1 rings (SSSR count). The van der Waals surface area contributed by atoms with E-state index in [0.717, 1.165) is 32.5 Å². The Morgan fingerprint density at radius 3 is 2.39 bits per heavy atom. The van der Waals surface area contributed by atoms with Gasteiger partial charge in [-0.25, -0.2) is 0 Å². The molecule has 1 heterocycles. The van der Waals surface area contributed by atoms with Crippen molar-refractivity contribution in [2.75, 3.05) is 13.2 Å². The topological polar surface area (TPSA) is 21.8 Å². The highest BCUT2D eigenvalue weighted by molar-refractivity contribution is 6.74. The highest BCUT2D eigenvalue weighted by Crippen LogP contribution is 2.36. The first-order chi connectivity index (χ1) is 8.16. The number of rotatable bonds is 5. The molecule has 2 nitrogen and oxygen atoms in total. The maximum Gasteiger partial charge on any atom is 0.191 e. The summed E-state index contributed by atoms with van der Waals surface area (Å²) in [6, 6.07) is 0. The second kappa shape index (κ2) is 5.77. The van der Waals surface area contributed by atoms with Crippen LogP contribution in [0.5, 0.6) is 0 Å². The van der Waals surface area contributed by atoms with Gasteiger partial charge in [-0.05, 0) is 31.5 Å². The summed E-state index contributed by atoms with van der Waals surface area (Å²) in [5.74, 6) is 6.41. The SMILES string of the molecule is CC1(CC#CCCCO[Si](C)(C)C(C)(C)C)CO1. The van der Waals surface area contributed by atoms with Crippen molar-refractivity contribution in [3.05, 3.63) is 0 Å². The van der Waals surface area contributed by atoms with E-state index in [9.17, 15) is 0 Å². The molecule has 1 aliphatic heterocycles. The molecule has 3 heteroatoms. The fourth-order valence-electron chi connectivity index (χ4n) is 1.27. The molecule has 0 aromatic heterocycles. The highest BCUT2D eigenvalue weighted by atomic mass is 28.4. The average Bonchev–Trinajstić information content (AvgIpc) is 2.93. The summed E-state index contributed by atoms with van der Waals surface area (Å²) in [6.07, 6.45) is 2.85. The second-order valence-corrected chi connectivity index (χ2v) is 11.8. The van der Waals surface area contributed by atoms with Crippen LogP contribution in [-0.2, 0) is 9.16 Å². The Bertz CT molecular complexity index is 327. The van der Waals surface area contributed by atoms with Crippen LogP contribution in [0.4, 0.5) is 0 Å².